The van der Waals surface area contributed by atoms with Crippen molar-refractivity contribution in [3.8, 4) is 17.2 Å². The quantitative estimate of drug-likeness (QED) is 0.598. The first-order valence-electron chi connectivity index (χ1n) is 12.6. The van der Waals surface area contributed by atoms with Crippen LogP contribution in [0.1, 0.15) is 24.8 Å². The van der Waals surface area contributed by atoms with Gasteiger partial charge in [0.15, 0.2) is 11.5 Å². The number of aryl methyl sites for hydroxylation is 1. The predicted molar refractivity (Wildman–Crippen MR) is 107 cm³/mol. The highest BCUT2D eigenvalue weighted by atomic mass is 16.5. The number of ether oxygens (including phenoxy) is 3. The molecule has 3 rings (SSSR count). The van der Waals surface area contributed by atoms with Crippen molar-refractivity contribution >= 4 is 28.4 Å². The molecular formula is C19H23N5O3. The Kier molecular flexibility index (Phi) is 2.62. The molecule has 3 aromatic rings. The van der Waals surface area contributed by atoms with E-state index in [1.165, 1.54) is 12.1 Å². The smallest absolute Gasteiger partial charge is 0.222 e. The van der Waals surface area contributed by atoms with Crippen molar-refractivity contribution in [3.05, 3.63) is 35.3 Å². The second-order valence-corrected chi connectivity index (χ2v) is 5.37. The van der Waals surface area contributed by atoms with Crippen LogP contribution in [0.5, 0.6) is 17.2 Å². The molecule has 0 aliphatic heterocycles. The topological polar surface area (TPSA) is 118 Å². The van der Waals surface area contributed by atoms with Gasteiger partial charge >= 0.3 is 0 Å². The summed E-state index contributed by atoms with van der Waals surface area (Å²) in [5, 5.41) is 2.70. The Balaban J connectivity index is 2.25. The molecule has 0 aliphatic rings. The third-order valence-corrected chi connectivity index (χ3v) is 3.79. The van der Waals surface area contributed by atoms with Crippen LogP contribution in [0.25, 0.3) is 10.9 Å². The SMILES string of the molecule is [2H]c1c(NC([2H])([2H])c2ccc3nc(N)nc(N)c3c2C)c([2H])c(OC([2H])([2H])[2H])c(OC)c1OC([2H])([2H])[2H]. The number of fused-ring (bicyclic) bond motifs is 1. The first-order chi connectivity index (χ1) is 16.9. The van der Waals surface area contributed by atoms with Crippen LogP contribution in [0.3, 0.4) is 0 Å². The Labute approximate surface area is 171 Å². The van der Waals surface area contributed by atoms with Gasteiger partial charge in [-0.25, -0.2) is 4.98 Å². The van der Waals surface area contributed by atoms with Gasteiger partial charge in [0, 0.05) is 29.7 Å². The number of aromatic nitrogens is 2. The van der Waals surface area contributed by atoms with E-state index >= 15 is 0 Å². The van der Waals surface area contributed by atoms with Crippen molar-refractivity contribution in [1.82, 2.24) is 9.97 Å². The summed E-state index contributed by atoms with van der Waals surface area (Å²) >= 11 is 0. The van der Waals surface area contributed by atoms with Crippen molar-refractivity contribution in [1.29, 1.82) is 0 Å². The molecule has 0 bridgehead atoms. The Morgan fingerprint density at radius 3 is 2.48 bits per heavy atom. The number of benzene rings is 2. The third kappa shape index (κ3) is 3.46. The maximum absolute atomic E-state index is 8.67. The van der Waals surface area contributed by atoms with Gasteiger partial charge in [-0.05, 0) is 24.1 Å². The third-order valence-electron chi connectivity index (χ3n) is 3.79. The monoisotopic (exact) mass is 379 g/mol. The van der Waals surface area contributed by atoms with E-state index in [0.717, 1.165) is 7.11 Å². The van der Waals surface area contributed by atoms with Gasteiger partial charge in [0.05, 0.1) is 40.4 Å². The lowest BCUT2D eigenvalue weighted by atomic mass is 10.0. The predicted octanol–water partition coefficient (Wildman–Crippen LogP) is 2.74. The Bertz CT molecular complexity index is 1320. The first-order valence-corrected chi connectivity index (χ1v) is 7.56. The highest BCUT2D eigenvalue weighted by molar-refractivity contribution is 5.92. The lowest BCUT2D eigenvalue weighted by Crippen LogP contribution is -2.06. The van der Waals surface area contributed by atoms with Gasteiger partial charge in [-0.3, -0.25) is 0 Å². The van der Waals surface area contributed by atoms with Crippen molar-refractivity contribution < 1.29 is 27.9 Å². The largest absolute Gasteiger partial charge is 0.493 e. The molecule has 0 radical (unpaired) electrons. The number of methoxy groups -OCH3 is 3. The molecule has 27 heavy (non-hydrogen) atoms. The summed E-state index contributed by atoms with van der Waals surface area (Å²) in [4.78, 5) is 7.97. The fourth-order valence-corrected chi connectivity index (χ4v) is 2.57. The minimum Gasteiger partial charge on any atom is -0.493 e. The molecule has 1 aromatic heterocycles. The van der Waals surface area contributed by atoms with Gasteiger partial charge in [0.25, 0.3) is 0 Å². The molecule has 2 aromatic carbocycles. The van der Waals surface area contributed by atoms with E-state index in [1.54, 1.807) is 6.92 Å². The van der Waals surface area contributed by atoms with Crippen molar-refractivity contribution in [2.24, 2.45) is 0 Å². The van der Waals surface area contributed by atoms with Crippen molar-refractivity contribution in [2.45, 2.75) is 13.4 Å². The van der Waals surface area contributed by atoms with Gasteiger partial charge < -0.3 is 31.0 Å². The maximum atomic E-state index is 8.67. The molecule has 1 heterocycles. The zero-order valence-corrected chi connectivity index (χ0v) is 14.4. The molecule has 8 heteroatoms. The van der Waals surface area contributed by atoms with E-state index in [2.05, 4.69) is 15.3 Å². The summed E-state index contributed by atoms with van der Waals surface area (Å²) in [6.45, 7) is -0.975. The van der Waals surface area contributed by atoms with Crippen LogP contribution < -0.4 is 31.0 Å². The molecule has 0 saturated carbocycles. The molecule has 8 nitrogen and oxygen atoms in total. The summed E-state index contributed by atoms with van der Waals surface area (Å²) in [7, 11) is -5.17. The lowest BCUT2D eigenvalue weighted by Gasteiger charge is -2.16. The average molecular weight is 379 g/mol. The van der Waals surface area contributed by atoms with Crippen LogP contribution in [0.4, 0.5) is 17.5 Å². The van der Waals surface area contributed by atoms with Crippen LogP contribution >= 0.6 is 0 Å². The summed E-state index contributed by atoms with van der Waals surface area (Å²) in [6.07, 6.45) is 0. The average Bonchev–Trinajstić information content (AvgIpc) is 2.72. The number of hydrogen-bond donors (Lipinski definition) is 3. The van der Waals surface area contributed by atoms with Gasteiger partial charge in [-0.15, -0.1) is 0 Å². The van der Waals surface area contributed by atoms with Gasteiger partial charge in [0.1, 0.15) is 5.82 Å². The standard InChI is InChI=1S/C19H23N5O3/c1-10-11(5-6-13-16(10)18(20)24-19(21)23-13)9-22-12-7-14(25-2)17(27-4)15(8-12)26-3/h5-8,22H,9H2,1-4H3,(H4,20,21,23,24)/i2D3,3D3,7D,8D,9D2. The molecule has 0 atom stereocenters. The second kappa shape index (κ2) is 7.45. The highest BCUT2D eigenvalue weighted by Crippen LogP contribution is 2.40. The number of rotatable bonds is 6. The van der Waals surface area contributed by atoms with E-state index in [1.807, 2.05) is 0 Å². The molecule has 0 aliphatic carbocycles. The van der Waals surface area contributed by atoms with E-state index in [-0.39, 0.29) is 17.3 Å². The van der Waals surface area contributed by atoms with E-state index < -0.39 is 55.6 Å². The lowest BCUT2D eigenvalue weighted by molar-refractivity contribution is 0.324. The Hall–Kier alpha value is -3.42. The highest BCUT2D eigenvalue weighted by Gasteiger charge is 2.14. The van der Waals surface area contributed by atoms with Crippen LogP contribution in [0, 0.1) is 6.92 Å². The minimum atomic E-state index is -3.10. The summed E-state index contributed by atoms with van der Waals surface area (Å²) < 4.78 is 93.5. The number of nitrogen functional groups attached to an aromatic ring is 2. The normalized spacial score (nSPS) is 17.6. The van der Waals surface area contributed by atoms with Crippen LogP contribution in [0.2, 0.25) is 0 Å². The zero-order chi connectivity index (χ0) is 28.1. The first kappa shape index (κ1) is 9.50. The molecule has 0 unspecified atom stereocenters. The maximum Gasteiger partial charge on any atom is 0.222 e. The molecular weight excluding hydrogens is 346 g/mol. The molecule has 142 valence electrons. The number of hydrogen-bond acceptors (Lipinski definition) is 8. The fraction of sp³-hybridized carbons (Fsp3) is 0.263. The number of anilines is 3. The minimum absolute atomic E-state index is 0.00573. The van der Waals surface area contributed by atoms with E-state index in [0.29, 0.717) is 16.5 Å². The molecule has 0 saturated heterocycles. The van der Waals surface area contributed by atoms with Crippen molar-refractivity contribution in [3.63, 3.8) is 0 Å². The van der Waals surface area contributed by atoms with Gasteiger partial charge in [0.2, 0.25) is 11.7 Å². The number of nitrogens with zero attached hydrogens (tertiary/aromatic N) is 2. The van der Waals surface area contributed by atoms with Gasteiger partial charge in [-0.2, -0.15) is 4.98 Å². The Morgan fingerprint density at radius 1 is 1.15 bits per heavy atom. The van der Waals surface area contributed by atoms with Crippen LogP contribution in [-0.4, -0.2) is 31.2 Å². The molecule has 0 spiro atoms. The Morgan fingerprint density at radius 2 is 1.85 bits per heavy atom. The molecule has 0 amide bonds. The number of nitrogens with two attached hydrogens (primary N) is 2. The molecule has 5 N–H and O–H groups in total. The summed E-state index contributed by atoms with van der Waals surface area (Å²) in [5.41, 5.74) is 11.7. The summed E-state index contributed by atoms with van der Waals surface area (Å²) in [5.74, 6) is -2.25. The van der Waals surface area contributed by atoms with Gasteiger partial charge in [-0.1, -0.05) is 6.07 Å². The van der Waals surface area contributed by atoms with E-state index in [9.17, 15) is 0 Å². The second-order valence-electron chi connectivity index (χ2n) is 5.37. The fourth-order valence-electron chi connectivity index (χ4n) is 2.57. The van der Waals surface area contributed by atoms with Crippen LogP contribution in [-0.2, 0) is 6.50 Å². The number of nitrogens with one attached hydrogen (secondary N) is 1. The van der Waals surface area contributed by atoms with Crippen molar-refractivity contribution in [2.75, 3.05) is 38.0 Å². The summed E-state index contributed by atoms with van der Waals surface area (Å²) in [6, 6.07) is 1.27. The zero-order valence-electron chi connectivity index (χ0n) is 24.4. The van der Waals surface area contributed by atoms with E-state index in [4.69, 9.17) is 39.4 Å². The van der Waals surface area contributed by atoms with Crippen LogP contribution in [0.15, 0.2) is 24.2 Å². The molecule has 0 fully saturated rings.